The van der Waals surface area contributed by atoms with Crippen molar-refractivity contribution < 1.29 is 9.53 Å². The molecule has 5 nitrogen and oxygen atoms in total. The Kier molecular flexibility index (Phi) is 5.74. The summed E-state index contributed by atoms with van der Waals surface area (Å²) >= 11 is 6.58. The van der Waals surface area contributed by atoms with Crippen LogP contribution < -0.4 is 4.74 Å². The van der Waals surface area contributed by atoms with E-state index in [0.717, 1.165) is 33.8 Å². The monoisotopic (exact) mass is 435 g/mol. The van der Waals surface area contributed by atoms with E-state index >= 15 is 0 Å². The van der Waals surface area contributed by atoms with E-state index in [4.69, 9.17) is 22.1 Å². The molecule has 0 bridgehead atoms. The first-order valence-corrected chi connectivity index (χ1v) is 10.8. The lowest BCUT2D eigenvalue weighted by atomic mass is 10.0. The molecule has 1 aliphatic rings. The molecule has 4 rings (SSSR count). The highest BCUT2D eigenvalue weighted by atomic mass is 32.2. The number of carbonyl (C=O) groups excluding carboxylic acids is 1. The fourth-order valence-electron chi connectivity index (χ4n) is 3.26. The SMILES string of the molecule is CCOc1ccc(-c2nn(-c3ccccc3)cc2C=C2SC(=S)N(C)C2=O)c(C)c1. The number of aromatic nitrogens is 2. The van der Waals surface area contributed by atoms with Gasteiger partial charge in [0.2, 0.25) is 0 Å². The predicted molar refractivity (Wildman–Crippen MR) is 126 cm³/mol. The fourth-order valence-corrected chi connectivity index (χ4v) is 4.43. The Morgan fingerprint density at radius 2 is 1.97 bits per heavy atom. The second-order valence-corrected chi connectivity index (χ2v) is 8.54. The number of thioether (sulfide) groups is 1. The summed E-state index contributed by atoms with van der Waals surface area (Å²) in [6, 6.07) is 15.9. The number of carbonyl (C=O) groups is 1. The Labute approximate surface area is 185 Å². The van der Waals surface area contributed by atoms with E-state index < -0.39 is 0 Å². The van der Waals surface area contributed by atoms with Gasteiger partial charge in [0.1, 0.15) is 15.8 Å². The zero-order valence-corrected chi connectivity index (χ0v) is 18.6. The van der Waals surface area contributed by atoms with Crippen molar-refractivity contribution in [3.8, 4) is 22.7 Å². The molecule has 152 valence electrons. The molecule has 3 aromatic rings. The quantitative estimate of drug-likeness (QED) is 0.413. The molecule has 0 unspecified atom stereocenters. The maximum Gasteiger partial charge on any atom is 0.265 e. The summed E-state index contributed by atoms with van der Waals surface area (Å²) in [6.07, 6.45) is 3.82. The van der Waals surface area contributed by atoms with Crippen LogP contribution in [0.25, 0.3) is 23.0 Å². The van der Waals surface area contributed by atoms with E-state index in [9.17, 15) is 4.79 Å². The van der Waals surface area contributed by atoms with Crippen LogP contribution in [0.2, 0.25) is 0 Å². The molecule has 0 atom stereocenters. The van der Waals surface area contributed by atoms with Crippen LogP contribution in [-0.4, -0.2) is 38.6 Å². The van der Waals surface area contributed by atoms with Crippen molar-refractivity contribution in [1.29, 1.82) is 0 Å². The predicted octanol–water partition coefficient (Wildman–Crippen LogP) is 5.08. The van der Waals surface area contributed by atoms with Crippen LogP contribution in [0.15, 0.2) is 59.6 Å². The molecule has 0 radical (unpaired) electrons. The fraction of sp³-hybridized carbons (Fsp3) is 0.174. The number of hydrogen-bond donors (Lipinski definition) is 0. The zero-order valence-electron chi connectivity index (χ0n) is 17.0. The molecule has 1 fully saturated rings. The number of aryl methyl sites for hydroxylation is 1. The molecule has 0 saturated carbocycles. The van der Waals surface area contributed by atoms with Crippen LogP contribution in [0.1, 0.15) is 18.1 Å². The molecule has 1 aliphatic heterocycles. The summed E-state index contributed by atoms with van der Waals surface area (Å²) < 4.78 is 8.02. The van der Waals surface area contributed by atoms with E-state index in [1.807, 2.05) is 79.3 Å². The first kappa shape index (κ1) is 20.4. The summed E-state index contributed by atoms with van der Waals surface area (Å²) in [5.74, 6) is 0.737. The van der Waals surface area contributed by atoms with Gasteiger partial charge in [-0.25, -0.2) is 4.68 Å². The number of thiocarbonyl (C=S) groups is 1. The molecule has 0 aliphatic carbocycles. The van der Waals surface area contributed by atoms with Gasteiger partial charge in [0.15, 0.2) is 0 Å². The molecular weight excluding hydrogens is 414 g/mol. The first-order chi connectivity index (χ1) is 14.5. The van der Waals surface area contributed by atoms with Gasteiger partial charge < -0.3 is 4.74 Å². The summed E-state index contributed by atoms with van der Waals surface area (Å²) in [6.45, 7) is 4.62. The van der Waals surface area contributed by atoms with Crippen LogP contribution >= 0.6 is 24.0 Å². The number of amides is 1. The van der Waals surface area contributed by atoms with Gasteiger partial charge in [-0.2, -0.15) is 5.10 Å². The molecule has 0 N–H and O–H groups in total. The van der Waals surface area contributed by atoms with Crippen LogP contribution in [0.5, 0.6) is 5.75 Å². The summed E-state index contributed by atoms with van der Waals surface area (Å²) in [4.78, 5) is 14.6. The van der Waals surface area contributed by atoms with Gasteiger partial charge in [0, 0.05) is 24.4 Å². The Morgan fingerprint density at radius 3 is 2.60 bits per heavy atom. The standard InChI is InChI=1S/C23H21N3O2S2/c1-4-28-18-10-11-19(15(2)12-18)21-16(13-20-22(27)25(3)23(29)30-20)14-26(24-21)17-8-6-5-7-9-17/h5-14H,4H2,1-3H3. The average molecular weight is 436 g/mol. The molecule has 1 aromatic heterocycles. The van der Waals surface area contributed by atoms with Gasteiger partial charge in [-0.3, -0.25) is 9.69 Å². The third kappa shape index (κ3) is 3.91. The molecular formula is C23H21N3O2S2. The minimum atomic E-state index is -0.0909. The van der Waals surface area contributed by atoms with Gasteiger partial charge in [0.25, 0.3) is 5.91 Å². The average Bonchev–Trinajstić information content (AvgIpc) is 3.26. The molecule has 0 spiro atoms. The number of para-hydroxylation sites is 1. The van der Waals surface area contributed by atoms with E-state index in [0.29, 0.717) is 15.8 Å². The smallest absolute Gasteiger partial charge is 0.265 e. The Morgan fingerprint density at radius 1 is 1.20 bits per heavy atom. The maximum atomic E-state index is 12.5. The van der Waals surface area contributed by atoms with Crippen LogP contribution in [0.4, 0.5) is 0 Å². The highest BCUT2D eigenvalue weighted by molar-refractivity contribution is 8.26. The number of nitrogens with zero attached hydrogens (tertiary/aromatic N) is 3. The van der Waals surface area contributed by atoms with Gasteiger partial charge in [-0.15, -0.1) is 0 Å². The van der Waals surface area contributed by atoms with Crippen LogP contribution in [-0.2, 0) is 4.79 Å². The Balaban J connectivity index is 1.84. The first-order valence-electron chi connectivity index (χ1n) is 9.58. The molecule has 1 amide bonds. The van der Waals surface area contributed by atoms with Crippen LogP contribution in [0, 0.1) is 6.92 Å². The largest absolute Gasteiger partial charge is 0.494 e. The molecule has 1 saturated heterocycles. The summed E-state index contributed by atoms with van der Waals surface area (Å²) in [7, 11) is 1.70. The number of rotatable bonds is 5. The minimum Gasteiger partial charge on any atom is -0.494 e. The number of likely N-dealkylation sites (N-methyl/N-ethyl adjacent to an activating group) is 1. The Bertz CT molecular complexity index is 1150. The van der Waals surface area contributed by atoms with E-state index in [1.54, 1.807) is 7.05 Å². The number of hydrogen-bond acceptors (Lipinski definition) is 5. The van der Waals surface area contributed by atoms with E-state index in [-0.39, 0.29) is 5.91 Å². The van der Waals surface area contributed by atoms with Crippen molar-refractivity contribution in [3.63, 3.8) is 0 Å². The van der Waals surface area contributed by atoms with Crippen molar-refractivity contribution in [1.82, 2.24) is 14.7 Å². The van der Waals surface area contributed by atoms with Crippen molar-refractivity contribution in [2.24, 2.45) is 0 Å². The molecule has 2 heterocycles. The molecule has 30 heavy (non-hydrogen) atoms. The second-order valence-electron chi connectivity index (χ2n) is 6.86. The van der Waals surface area contributed by atoms with E-state index in [1.165, 1.54) is 16.7 Å². The third-order valence-electron chi connectivity index (χ3n) is 4.80. The number of ether oxygens (including phenoxy) is 1. The van der Waals surface area contributed by atoms with E-state index in [2.05, 4.69) is 0 Å². The highest BCUT2D eigenvalue weighted by Crippen LogP contribution is 2.35. The van der Waals surface area contributed by atoms with Gasteiger partial charge in [-0.05, 0) is 55.8 Å². The van der Waals surface area contributed by atoms with Gasteiger partial charge in [-0.1, -0.05) is 42.2 Å². The zero-order chi connectivity index (χ0) is 21.3. The van der Waals surface area contributed by atoms with Crippen molar-refractivity contribution in [2.45, 2.75) is 13.8 Å². The van der Waals surface area contributed by atoms with Crippen LogP contribution in [0.3, 0.4) is 0 Å². The lowest BCUT2D eigenvalue weighted by Crippen LogP contribution is -2.22. The summed E-state index contributed by atoms with van der Waals surface area (Å²) in [5.41, 5.74) is 4.66. The molecule has 2 aromatic carbocycles. The lowest BCUT2D eigenvalue weighted by Gasteiger charge is -2.08. The number of benzene rings is 2. The topological polar surface area (TPSA) is 47.4 Å². The van der Waals surface area contributed by atoms with Gasteiger partial charge in [0.05, 0.1) is 17.2 Å². The minimum absolute atomic E-state index is 0.0909. The molecule has 7 heteroatoms. The second kappa shape index (κ2) is 8.45. The summed E-state index contributed by atoms with van der Waals surface area (Å²) in [5, 5.41) is 4.86. The Hall–Kier alpha value is -2.90. The maximum absolute atomic E-state index is 12.5. The van der Waals surface area contributed by atoms with Gasteiger partial charge >= 0.3 is 0 Å². The third-order valence-corrected chi connectivity index (χ3v) is 6.29. The van der Waals surface area contributed by atoms with Crippen molar-refractivity contribution >= 4 is 40.3 Å². The normalized spacial score (nSPS) is 15.3. The van der Waals surface area contributed by atoms with Crippen molar-refractivity contribution in [3.05, 3.63) is 70.8 Å². The highest BCUT2D eigenvalue weighted by Gasteiger charge is 2.29. The lowest BCUT2D eigenvalue weighted by molar-refractivity contribution is -0.121. The van der Waals surface area contributed by atoms with Crippen molar-refractivity contribution in [2.75, 3.05) is 13.7 Å².